The zero-order chi connectivity index (χ0) is 20.6. The number of fused-ring (bicyclic) bond motifs is 1. The van der Waals surface area contributed by atoms with E-state index in [1.54, 1.807) is 31.4 Å². The van der Waals surface area contributed by atoms with Crippen LogP contribution in [0.15, 0.2) is 30.3 Å². The first-order chi connectivity index (χ1) is 13.1. The smallest absolute Gasteiger partial charge is 0.320 e. The highest BCUT2D eigenvalue weighted by atomic mass is 35.5. The summed E-state index contributed by atoms with van der Waals surface area (Å²) in [6.07, 6.45) is -2.99. The highest BCUT2D eigenvalue weighted by Gasteiger charge is 2.33. The molecule has 2 aromatic heterocycles. The molecule has 3 aromatic rings. The van der Waals surface area contributed by atoms with Crippen molar-refractivity contribution in [3.05, 3.63) is 57.1 Å². The zero-order valence-corrected chi connectivity index (χ0v) is 17.1. The van der Waals surface area contributed by atoms with Crippen LogP contribution in [0, 0.1) is 6.92 Å². The third-order valence-electron chi connectivity index (χ3n) is 3.95. The molecule has 1 N–H and O–H groups in total. The van der Waals surface area contributed by atoms with Crippen LogP contribution in [0.1, 0.15) is 26.5 Å². The average Bonchev–Trinajstić information content (AvgIpc) is 2.93. The Bertz CT molecular complexity index is 1100. The van der Waals surface area contributed by atoms with Gasteiger partial charge in [0.1, 0.15) is 10.5 Å². The van der Waals surface area contributed by atoms with Gasteiger partial charge in [-0.25, -0.2) is 4.98 Å². The van der Waals surface area contributed by atoms with Gasteiger partial charge in [0.2, 0.25) is 0 Å². The van der Waals surface area contributed by atoms with Gasteiger partial charge in [-0.2, -0.15) is 13.2 Å². The number of rotatable bonds is 4. The van der Waals surface area contributed by atoms with Crippen LogP contribution in [0.5, 0.6) is 0 Å². The fourth-order valence-corrected chi connectivity index (χ4v) is 4.53. The molecule has 0 saturated heterocycles. The molecular weight excluding hydrogens is 433 g/mol. The number of amides is 1. The molecule has 1 atom stereocenters. The van der Waals surface area contributed by atoms with E-state index in [-0.39, 0.29) is 9.71 Å². The van der Waals surface area contributed by atoms with Crippen LogP contribution in [-0.4, -0.2) is 21.4 Å². The van der Waals surface area contributed by atoms with Crippen LogP contribution in [0.2, 0.25) is 5.02 Å². The molecule has 3 rings (SSSR count). The first-order valence-electron chi connectivity index (χ1n) is 7.93. The molecule has 0 saturated carbocycles. The number of carbonyl (C=O) groups excluding carboxylic acids is 1. The van der Waals surface area contributed by atoms with E-state index < -0.39 is 28.6 Å². The number of nitrogens with one attached hydrogen (secondary N) is 1. The average molecular weight is 447 g/mol. The summed E-state index contributed by atoms with van der Waals surface area (Å²) in [5, 5.41) is 3.47. The number of pyridine rings is 1. The van der Waals surface area contributed by atoms with E-state index >= 15 is 0 Å². The SMILES string of the molecule is Cc1c(C(=O)Nc2cc(C[S@@](C)=O)ccc2Cl)sc2nc(C(F)(F)F)ccc12. The Morgan fingerprint density at radius 1 is 1.29 bits per heavy atom. The van der Waals surface area contributed by atoms with E-state index in [0.29, 0.717) is 27.4 Å². The third-order valence-corrected chi connectivity index (χ3v) is 6.22. The van der Waals surface area contributed by atoms with E-state index in [0.717, 1.165) is 23.0 Å². The molecule has 0 spiro atoms. The maximum atomic E-state index is 12.9. The van der Waals surface area contributed by atoms with Crippen LogP contribution in [-0.2, 0) is 22.7 Å². The molecule has 0 aliphatic carbocycles. The van der Waals surface area contributed by atoms with Crippen molar-refractivity contribution in [2.45, 2.75) is 18.9 Å². The summed E-state index contributed by atoms with van der Waals surface area (Å²) in [5.74, 6) is -0.183. The second kappa shape index (κ2) is 7.81. The number of anilines is 1. The van der Waals surface area contributed by atoms with Crippen molar-refractivity contribution in [1.82, 2.24) is 4.98 Å². The third kappa shape index (κ3) is 4.37. The zero-order valence-electron chi connectivity index (χ0n) is 14.7. The van der Waals surface area contributed by atoms with Crippen molar-refractivity contribution in [3.8, 4) is 0 Å². The summed E-state index contributed by atoms with van der Waals surface area (Å²) in [4.78, 5) is 16.7. The second-order valence-corrected chi connectivity index (χ2v) is 8.93. The number of carbonyl (C=O) groups is 1. The number of hydrogen-bond donors (Lipinski definition) is 1. The predicted octanol–water partition coefficient (Wildman–Crippen LogP) is 5.41. The minimum absolute atomic E-state index is 0.138. The molecule has 0 unspecified atom stereocenters. The maximum Gasteiger partial charge on any atom is 0.433 e. The van der Waals surface area contributed by atoms with Crippen molar-refractivity contribution < 1.29 is 22.2 Å². The molecule has 0 radical (unpaired) electrons. The molecule has 148 valence electrons. The molecule has 0 aliphatic heterocycles. The molecule has 2 heterocycles. The number of halogens is 4. The number of aryl methyl sites for hydroxylation is 1. The van der Waals surface area contributed by atoms with Gasteiger partial charge in [-0.3, -0.25) is 9.00 Å². The number of alkyl halides is 3. The Labute approximate surface area is 170 Å². The van der Waals surface area contributed by atoms with E-state index in [1.807, 2.05) is 0 Å². The van der Waals surface area contributed by atoms with Crippen LogP contribution < -0.4 is 5.32 Å². The molecular formula is C18H14ClF3N2O2S2. The lowest BCUT2D eigenvalue weighted by Gasteiger charge is -2.09. The van der Waals surface area contributed by atoms with Gasteiger partial charge in [-0.05, 0) is 42.3 Å². The van der Waals surface area contributed by atoms with Gasteiger partial charge in [0.15, 0.2) is 0 Å². The maximum absolute atomic E-state index is 12.9. The summed E-state index contributed by atoms with van der Waals surface area (Å²) in [6.45, 7) is 1.65. The van der Waals surface area contributed by atoms with Gasteiger partial charge < -0.3 is 5.32 Å². The van der Waals surface area contributed by atoms with Gasteiger partial charge in [-0.15, -0.1) is 11.3 Å². The quantitative estimate of drug-likeness (QED) is 0.583. The monoisotopic (exact) mass is 446 g/mol. The Balaban J connectivity index is 1.94. The van der Waals surface area contributed by atoms with Crippen molar-refractivity contribution in [3.63, 3.8) is 0 Å². The molecule has 0 aliphatic rings. The molecule has 0 fully saturated rings. The Kier molecular flexibility index (Phi) is 5.79. The van der Waals surface area contributed by atoms with Crippen LogP contribution in [0.25, 0.3) is 10.2 Å². The largest absolute Gasteiger partial charge is 0.433 e. The van der Waals surface area contributed by atoms with Gasteiger partial charge in [0.05, 0.1) is 15.6 Å². The van der Waals surface area contributed by atoms with Crippen LogP contribution in [0.3, 0.4) is 0 Å². The van der Waals surface area contributed by atoms with E-state index in [2.05, 4.69) is 10.3 Å². The molecule has 4 nitrogen and oxygen atoms in total. The minimum Gasteiger partial charge on any atom is -0.320 e. The van der Waals surface area contributed by atoms with Crippen LogP contribution >= 0.6 is 22.9 Å². The summed E-state index contributed by atoms with van der Waals surface area (Å²) in [7, 11) is -1.06. The fraction of sp³-hybridized carbons (Fsp3) is 0.222. The second-order valence-electron chi connectivity index (χ2n) is 6.09. The summed E-state index contributed by atoms with van der Waals surface area (Å²) < 4.78 is 50.0. The Hall–Kier alpha value is -1.97. The fourth-order valence-electron chi connectivity index (χ4n) is 2.65. The Morgan fingerprint density at radius 2 is 2.00 bits per heavy atom. The molecule has 1 amide bonds. The van der Waals surface area contributed by atoms with Crippen molar-refractivity contribution in [1.29, 1.82) is 0 Å². The Morgan fingerprint density at radius 3 is 2.64 bits per heavy atom. The van der Waals surface area contributed by atoms with Gasteiger partial charge >= 0.3 is 6.18 Å². The van der Waals surface area contributed by atoms with E-state index in [9.17, 15) is 22.2 Å². The minimum atomic E-state index is -4.55. The highest BCUT2D eigenvalue weighted by molar-refractivity contribution is 7.83. The van der Waals surface area contributed by atoms with Gasteiger partial charge in [-0.1, -0.05) is 17.7 Å². The summed E-state index contributed by atoms with van der Waals surface area (Å²) in [5.41, 5.74) is 0.623. The number of thiophene rings is 1. The topological polar surface area (TPSA) is 59.1 Å². The molecule has 10 heteroatoms. The summed E-state index contributed by atoms with van der Waals surface area (Å²) in [6, 6.07) is 7.15. The van der Waals surface area contributed by atoms with Crippen molar-refractivity contribution >= 4 is 55.5 Å². The lowest BCUT2D eigenvalue weighted by Crippen LogP contribution is -2.12. The van der Waals surface area contributed by atoms with Gasteiger partial charge in [0, 0.05) is 28.2 Å². The lowest BCUT2D eigenvalue weighted by molar-refractivity contribution is -0.140. The number of hydrogen-bond acceptors (Lipinski definition) is 4. The van der Waals surface area contributed by atoms with E-state index in [4.69, 9.17) is 11.6 Å². The first-order valence-corrected chi connectivity index (χ1v) is 10.9. The lowest BCUT2D eigenvalue weighted by atomic mass is 10.1. The highest BCUT2D eigenvalue weighted by Crippen LogP contribution is 2.35. The first kappa shape index (κ1) is 20.8. The molecule has 28 heavy (non-hydrogen) atoms. The standard InChI is InChI=1S/C18H14ClF3N2O2S2/c1-9-11-4-6-14(18(20,21)22)24-17(11)27-15(9)16(25)23-13-7-10(8-28(2)26)3-5-12(13)19/h3-7H,8H2,1-2H3,(H,23,25)/t28-/m1/s1. The number of aromatic nitrogens is 1. The predicted molar refractivity (Wildman–Crippen MR) is 107 cm³/mol. The summed E-state index contributed by atoms with van der Waals surface area (Å²) >= 11 is 7.02. The number of nitrogens with zero attached hydrogens (tertiary/aromatic N) is 1. The molecule has 1 aromatic carbocycles. The van der Waals surface area contributed by atoms with Gasteiger partial charge in [0.25, 0.3) is 5.91 Å². The van der Waals surface area contributed by atoms with E-state index in [1.165, 1.54) is 6.07 Å². The number of benzene rings is 1. The van der Waals surface area contributed by atoms with Crippen molar-refractivity contribution in [2.75, 3.05) is 11.6 Å². The van der Waals surface area contributed by atoms with Crippen LogP contribution in [0.4, 0.5) is 18.9 Å². The van der Waals surface area contributed by atoms with Crippen molar-refractivity contribution in [2.24, 2.45) is 0 Å². The normalized spacial score (nSPS) is 12.9. The molecule has 0 bridgehead atoms.